The monoisotopic (exact) mass is 265 g/mol. The molecule has 1 N–H and O–H groups in total. The fraction of sp³-hybridized carbons (Fsp3) is 0.429. The summed E-state index contributed by atoms with van der Waals surface area (Å²) in [5.74, 6) is 0. The lowest BCUT2D eigenvalue weighted by molar-refractivity contribution is 0.585. The largest absolute Gasteiger partial charge is 0.305 e. The van der Waals surface area contributed by atoms with Crippen LogP contribution in [0.4, 0.5) is 0 Å². The molecule has 2 rings (SSSR count). The topological polar surface area (TPSA) is 12.0 Å². The predicted octanol–water partition coefficient (Wildman–Crippen LogP) is 4.53. The van der Waals surface area contributed by atoms with E-state index in [1.165, 1.54) is 20.2 Å². The van der Waals surface area contributed by atoms with Crippen LogP contribution in [0, 0.1) is 6.92 Å². The van der Waals surface area contributed by atoms with E-state index in [0.717, 1.165) is 13.0 Å². The van der Waals surface area contributed by atoms with Crippen LogP contribution in [0.15, 0.2) is 23.6 Å². The lowest BCUT2D eigenvalue weighted by Gasteiger charge is -2.12. The van der Waals surface area contributed by atoms with Gasteiger partial charge in [0, 0.05) is 27.2 Å². The molecular weight excluding hydrogens is 246 g/mol. The van der Waals surface area contributed by atoms with Crippen LogP contribution in [-0.4, -0.2) is 0 Å². The zero-order valence-corrected chi connectivity index (χ0v) is 12.3. The number of hydrogen-bond donors (Lipinski definition) is 1. The van der Waals surface area contributed by atoms with Crippen LogP contribution >= 0.6 is 22.7 Å². The third-order valence-electron chi connectivity index (χ3n) is 2.98. The standard InChI is InChI=1S/C14H19NS2/c1-4-12-7-8-16-14(12)9-15-11(3)13-6-5-10(2)17-13/h5-8,11,15H,4,9H2,1-3H3. The van der Waals surface area contributed by atoms with Crippen molar-refractivity contribution in [1.82, 2.24) is 5.32 Å². The average molecular weight is 265 g/mol. The van der Waals surface area contributed by atoms with Gasteiger partial charge in [0.05, 0.1) is 0 Å². The molecular formula is C14H19NS2. The van der Waals surface area contributed by atoms with Crippen molar-refractivity contribution in [2.75, 3.05) is 0 Å². The first-order valence-corrected chi connectivity index (χ1v) is 7.75. The van der Waals surface area contributed by atoms with Gasteiger partial charge in [-0.25, -0.2) is 0 Å². The zero-order valence-electron chi connectivity index (χ0n) is 10.6. The molecule has 0 fully saturated rings. The van der Waals surface area contributed by atoms with E-state index in [1.54, 1.807) is 0 Å². The zero-order chi connectivity index (χ0) is 12.3. The Balaban J connectivity index is 1.94. The summed E-state index contributed by atoms with van der Waals surface area (Å²) in [6.45, 7) is 7.61. The van der Waals surface area contributed by atoms with Gasteiger partial charge in [-0.3, -0.25) is 0 Å². The molecule has 3 heteroatoms. The second-order valence-electron chi connectivity index (χ2n) is 4.27. The molecule has 0 saturated carbocycles. The molecule has 0 spiro atoms. The highest BCUT2D eigenvalue weighted by Gasteiger charge is 2.08. The fourth-order valence-electron chi connectivity index (χ4n) is 1.87. The number of rotatable bonds is 5. The minimum atomic E-state index is 0.445. The molecule has 2 aromatic rings. The number of aryl methyl sites for hydroxylation is 2. The quantitative estimate of drug-likeness (QED) is 0.837. The summed E-state index contributed by atoms with van der Waals surface area (Å²) in [4.78, 5) is 4.30. The summed E-state index contributed by atoms with van der Waals surface area (Å²) in [5, 5.41) is 5.80. The van der Waals surface area contributed by atoms with Crippen LogP contribution in [0.25, 0.3) is 0 Å². The molecule has 1 nitrogen and oxygen atoms in total. The van der Waals surface area contributed by atoms with Gasteiger partial charge in [-0.15, -0.1) is 22.7 Å². The summed E-state index contributed by atoms with van der Waals surface area (Å²) >= 11 is 3.74. The maximum absolute atomic E-state index is 3.61. The van der Waals surface area contributed by atoms with Crippen LogP contribution in [0.3, 0.4) is 0 Å². The van der Waals surface area contributed by atoms with Crippen molar-refractivity contribution in [3.63, 3.8) is 0 Å². The summed E-state index contributed by atoms with van der Waals surface area (Å²) in [5.41, 5.74) is 1.48. The van der Waals surface area contributed by atoms with Crippen molar-refractivity contribution in [3.05, 3.63) is 43.8 Å². The van der Waals surface area contributed by atoms with Crippen molar-refractivity contribution in [2.45, 2.75) is 39.8 Å². The van der Waals surface area contributed by atoms with Gasteiger partial charge in [-0.1, -0.05) is 6.92 Å². The van der Waals surface area contributed by atoms with Gasteiger partial charge < -0.3 is 5.32 Å². The Morgan fingerprint density at radius 1 is 1.29 bits per heavy atom. The lowest BCUT2D eigenvalue weighted by Crippen LogP contribution is -2.17. The highest BCUT2D eigenvalue weighted by molar-refractivity contribution is 7.12. The molecule has 0 aliphatic carbocycles. The summed E-state index contributed by atoms with van der Waals surface area (Å²) in [7, 11) is 0. The minimum absolute atomic E-state index is 0.445. The molecule has 0 aromatic carbocycles. The molecule has 0 saturated heterocycles. The number of nitrogens with one attached hydrogen (secondary N) is 1. The normalized spacial score (nSPS) is 12.9. The Kier molecular flexibility index (Phi) is 4.37. The maximum atomic E-state index is 3.61. The minimum Gasteiger partial charge on any atom is -0.305 e. The van der Waals surface area contributed by atoms with E-state index in [1.807, 2.05) is 22.7 Å². The summed E-state index contributed by atoms with van der Waals surface area (Å²) in [6, 6.07) is 7.11. The molecule has 0 aliphatic heterocycles. The molecule has 17 heavy (non-hydrogen) atoms. The van der Waals surface area contributed by atoms with Crippen LogP contribution in [0.2, 0.25) is 0 Å². The van der Waals surface area contributed by atoms with E-state index >= 15 is 0 Å². The molecule has 0 radical (unpaired) electrons. The molecule has 92 valence electrons. The first-order chi connectivity index (χ1) is 8.20. The van der Waals surface area contributed by atoms with Gasteiger partial charge in [-0.05, 0) is 49.4 Å². The number of thiophene rings is 2. The maximum Gasteiger partial charge on any atom is 0.0389 e. The average Bonchev–Trinajstić information content (AvgIpc) is 2.94. The Labute approximate surface area is 112 Å². The van der Waals surface area contributed by atoms with E-state index < -0.39 is 0 Å². The van der Waals surface area contributed by atoms with Crippen molar-refractivity contribution in [2.24, 2.45) is 0 Å². The molecule has 1 unspecified atom stereocenters. The molecule has 2 aromatic heterocycles. The number of hydrogen-bond acceptors (Lipinski definition) is 3. The predicted molar refractivity (Wildman–Crippen MR) is 78.0 cm³/mol. The van der Waals surface area contributed by atoms with Gasteiger partial charge in [0.2, 0.25) is 0 Å². The van der Waals surface area contributed by atoms with Crippen LogP contribution < -0.4 is 5.32 Å². The van der Waals surface area contributed by atoms with Gasteiger partial charge in [0.1, 0.15) is 0 Å². The Morgan fingerprint density at radius 3 is 2.76 bits per heavy atom. The molecule has 0 amide bonds. The SMILES string of the molecule is CCc1ccsc1CNC(C)c1ccc(C)s1. The van der Waals surface area contributed by atoms with Crippen LogP contribution in [0.1, 0.15) is 40.1 Å². The van der Waals surface area contributed by atoms with Crippen molar-refractivity contribution < 1.29 is 0 Å². The lowest BCUT2D eigenvalue weighted by atomic mass is 10.2. The van der Waals surface area contributed by atoms with E-state index in [0.29, 0.717) is 6.04 Å². The molecule has 1 atom stereocenters. The van der Waals surface area contributed by atoms with Gasteiger partial charge in [0.15, 0.2) is 0 Å². The summed E-state index contributed by atoms with van der Waals surface area (Å²) < 4.78 is 0. The van der Waals surface area contributed by atoms with Gasteiger partial charge in [0.25, 0.3) is 0 Å². The first kappa shape index (κ1) is 12.8. The van der Waals surface area contributed by atoms with Crippen molar-refractivity contribution >= 4 is 22.7 Å². The van der Waals surface area contributed by atoms with E-state index in [9.17, 15) is 0 Å². The van der Waals surface area contributed by atoms with Gasteiger partial charge >= 0.3 is 0 Å². The second kappa shape index (κ2) is 5.80. The Bertz CT molecular complexity index is 470. The highest BCUT2D eigenvalue weighted by atomic mass is 32.1. The van der Waals surface area contributed by atoms with Crippen LogP contribution in [0.5, 0.6) is 0 Å². The van der Waals surface area contributed by atoms with E-state index in [4.69, 9.17) is 0 Å². The third-order valence-corrected chi connectivity index (χ3v) is 5.12. The van der Waals surface area contributed by atoms with Crippen LogP contribution in [-0.2, 0) is 13.0 Å². The Hall–Kier alpha value is -0.640. The smallest absolute Gasteiger partial charge is 0.0389 e. The van der Waals surface area contributed by atoms with E-state index in [-0.39, 0.29) is 0 Å². The fourth-order valence-corrected chi connectivity index (χ4v) is 3.70. The first-order valence-electron chi connectivity index (χ1n) is 6.05. The highest BCUT2D eigenvalue weighted by Crippen LogP contribution is 2.24. The van der Waals surface area contributed by atoms with Crippen molar-refractivity contribution in [3.8, 4) is 0 Å². The third kappa shape index (κ3) is 3.18. The van der Waals surface area contributed by atoms with E-state index in [2.05, 4.69) is 49.7 Å². The molecule has 0 aliphatic rings. The van der Waals surface area contributed by atoms with Gasteiger partial charge in [-0.2, -0.15) is 0 Å². The second-order valence-corrected chi connectivity index (χ2v) is 6.59. The Morgan fingerprint density at radius 2 is 2.12 bits per heavy atom. The van der Waals surface area contributed by atoms with Crippen molar-refractivity contribution in [1.29, 1.82) is 0 Å². The molecule has 2 heterocycles. The summed E-state index contributed by atoms with van der Waals surface area (Å²) in [6.07, 6.45) is 1.13. The molecule has 0 bridgehead atoms.